The van der Waals surface area contributed by atoms with E-state index in [2.05, 4.69) is 24.3 Å². The van der Waals surface area contributed by atoms with Crippen LogP contribution in [0.25, 0.3) is 22.2 Å². The molecular formula is C27H33NO5. The maximum absolute atomic E-state index is 11.3. The Labute approximate surface area is 194 Å². The van der Waals surface area contributed by atoms with Crippen molar-refractivity contribution in [3.63, 3.8) is 0 Å². The number of rotatable bonds is 9. The molecule has 2 aromatic carbocycles. The predicted octanol–water partition coefficient (Wildman–Crippen LogP) is 6.01. The van der Waals surface area contributed by atoms with Crippen LogP contribution in [0.5, 0.6) is 0 Å². The number of aryl methyl sites for hydroxylation is 1. The third kappa shape index (κ3) is 5.81. The van der Waals surface area contributed by atoms with Gasteiger partial charge in [0, 0.05) is 12.2 Å². The van der Waals surface area contributed by atoms with Crippen molar-refractivity contribution in [1.82, 2.24) is 4.98 Å². The zero-order valence-corrected chi connectivity index (χ0v) is 19.7. The molecule has 176 valence electrons. The van der Waals surface area contributed by atoms with Crippen LogP contribution in [-0.2, 0) is 20.9 Å². The maximum atomic E-state index is 11.3. The Kier molecular flexibility index (Phi) is 7.15. The van der Waals surface area contributed by atoms with Crippen molar-refractivity contribution < 1.29 is 23.8 Å². The van der Waals surface area contributed by atoms with Crippen molar-refractivity contribution in [2.45, 2.75) is 58.7 Å². The predicted molar refractivity (Wildman–Crippen MR) is 127 cm³/mol. The molecule has 33 heavy (non-hydrogen) atoms. The van der Waals surface area contributed by atoms with E-state index in [0.717, 1.165) is 48.1 Å². The van der Waals surface area contributed by atoms with E-state index in [9.17, 15) is 9.90 Å². The van der Waals surface area contributed by atoms with Gasteiger partial charge in [0.05, 0.1) is 13.2 Å². The summed E-state index contributed by atoms with van der Waals surface area (Å²) in [5, 5.41) is 11.6. The highest BCUT2D eigenvalue weighted by Crippen LogP contribution is 2.31. The van der Waals surface area contributed by atoms with Crippen molar-refractivity contribution in [2.24, 2.45) is 11.8 Å². The second-order valence-corrected chi connectivity index (χ2v) is 9.62. The molecule has 1 fully saturated rings. The molecule has 4 rings (SSSR count). The topological polar surface area (TPSA) is 81.8 Å². The molecule has 0 spiro atoms. The smallest absolute Gasteiger partial charge is 0.335 e. The molecule has 1 N–H and O–H groups in total. The van der Waals surface area contributed by atoms with Crippen molar-refractivity contribution in [3.8, 4) is 11.5 Å². The fraction of sp³-hybridized carbons (Fsp3) is 0.481. The fourth-order valence-corrected chi connectivity index (χ4v) is 4.42. The molecule has 0 amide bonds. The minimum Gasteiger partial charge on any atom is -0.479 e. The van der Waals surface area contributed by atoms with Crippen LogP contribution in [0.3, 0.4) is 0 Å². The zero-order valence-electron chi connectivity index (χ0n) is 19.7. The molecule has 6 heteroatoms. The number of nitrogens with zero attached hydrogens (tertiary/aromatic N) is 1. The first kappa shape index (κ1) is 23.5. The molecule has 0 aliphatic heterocycles. The van der Waals surface area contributed by atoms with Gasteiger partial charge < -0.3 is 19.0 Å². The summed E-state index contributed by atoms with van der Waals surface area (Å²) in [5.41, 5.74) is 0.649. The molecular weight excluding hydrogens is 418 g/mol. The highest BCUT2D eigenvalue weighted by Gasteiger charge is 2.30. The van der Waals surface area contributed by atoms with Crippen LogP contribution in [0.15, 0.2) is 46.9 Å². The summed E-state index contributed by atoms with van der Waals surface area (Å²) in [7, 11) is 0. The summed E-state index contributed by atoms with van der Waals surface area (Å²) in [4.78, 5) is 15.9. The van der Waals surface area contributed by atoms with Crippen LogP contribution in [0.2, 0.25) is 0 Å². The number of oxazole rings is 1. The first-order chi connectivity index (χ1) is 15.8. The van der Waals surface area contributed by atoms with Crippen LogP contribution in [0.1, 0.15) is 51.0 Å². The van der Waals surface area contributed by atoms with Gasteiger partial charge in [0.15, 0.2) is 5.60 Å². The summed E-state index contributed by atoms with van der Waals surface area (Å²) >= 11 is 0. The van der Waals surface area contributed by atoms with Gasteiger partial charge in [-0.2, -0.15) is 0 Å². The van der Waals surface area contributed by atoms with E-state index in [0.29, 0.717) is 37.5 Å². The first-order valence-electron chi connectivity index (χ1n) is 11.7. The zero-order chi connectivity index (χ0) is 23.4. The van der Waals surface area contributed by atoms with Gasteiger partial charge in [-0.3, -0.25) is 0 Å². The number of benzene rings is 2. The largest absolute Gasteiger partial charge is 0.479 e. The minimum atomic E-state index is -1.14. The number of hydrogen-bond donors (Lipinski definition) is 1. The van der Waals surface area contributed by atoms with E-state index in [1.165, 1.54) is 5.39 Å². The van der Waals surface area contributed by atoms with E-state index in [1.54, 1.807) is 13.8 Å². The number of carboxylic acids is 1. The molecule has 0 radical (unpaired) electrons. The highest BCUT2D eigenvalue weighted by atomic mass is 16.5. The molecule has 0 bridgehead atoms. The van der Waals surface area contributed by atoms with Crippen LogP contribution in [0, 0.1) is 18.8 Å². The second-order valence-electron chi connectivity index (χ2n) is 9.62. The molecule has 2 unspecified atom stereocenters. The molecule has 1 heterocycles. The SMILES string of the molecule is Cc1oc(-c2ccc3ccccc3c2)nc1COCC1CCCC(COC(C)(C)C(=O)O)C1. The third-order valence-electron chi connectivity index (χ3n) is 6.57. The summed E-state index contributed by atoms with van der Waals surface area (Å²) in [5.74, 6) is 1.30. The Morgan fingerprint density at radius 1 is 1.12 bits per heavy atom. The number of ether oxygens (including phenoxy) is 2. The van der Waals surface area contributed by atoms with Gasteiger partial charge in [-0.15, -0.1) is 0 Å². The van der Waals surface area contributed by atoms with E-state index in [-0.39, 0.29) is 0 Å². The third-order valence-corrected chi connectivity index (χ3v) is 6.57. The van der Waals surface area contributed by atoms with Gasteiger partial charge in [-0.1, -0.05) is 36.8 Å². The van der Waals surface area contributed by atoms with Crippen LogP contribution in [-0.4, -0.2) is 34.9 Å². The number of carbonyl (C=O) groups is 1. The number of fused-ring (bicyclic) bond motifs is 1. The van der Waals surface area contributed by atoms with E-state index in [4.69, 9.17) is 18.9 Å². The van der Waals surface area contributed by atoms with Crippen LogP contribution in [0.4, 0.5) is 0 Å². The van der Waals surface area contributed by atoms with Gasteiger partial charge in [0.1, 0.15) is 11.5 Å². The second kappa shape index (κ2) is 10.1. The Balaban J connectivity index is 1.30. The average molecular weight is 452 g/mol. The van der Waals surface area contributed by atoms with E-state index < -0.39 is 11.6 Å². The summed E-state index contributed by atoms with van der Waals surface area (Å²) < 4.78 is 17.6. The molecule has 0 saturated heterocycles. The lowest BCUT2D eigenvalue weighted by Crippen LogP contribution is -2.37. The fourth-order valence-electron chi connectivity index (χ4n) is 4.42. The van der Waals surface area contributed by atoms with E-state index in [1.807, 2.05) is 25.1 Å². The van der Waals surface area contributed by atoms with Crippen molar-refractivity contribution >= 4 is 16.7 Å². The lowest BCUT2D eigenvalue weighted by atomic mass is 9.82. The van der Waals surface area contributed by atoms with Gasteiger partial charge in [0.25, 0.3) is 0 Å². The Morgan fingerprint density at radius 3 is 2.61 bits per heavy atom. The van der Waals surface area contributed by atoms with Gasteiger partial charge in [0.2, 0.25) is 5.89 Å². The average Bonchev–Trinajstić information content (AvgIpc) is 3.18. The lowest BCUT2D eigenvalue weighted by Gasteiger charge is -2.31. The Morgan fingerprint density at radius 2 is 1.85 bits per heavy atom. The molecule has 1 aliphatic carbocycles. The normalized spacial score (nSPS) is 19.1. The van der Waals surface area contributed by atoms with E-state index >= 15 is 0 Å². The molecule has 1 saturated carbocycles. The first-order valence-corrected chi connectivity index (χ1v) is 11.7. The highest BCUT2D eigenvalue weighted by molar-refractivity contribution is 5.86. The summed E-state index contributed by atoms with van der Waals surface area (Å²) in [6, 6.07) is 14.5. The van der Waals surface area contributed by atoms with Crippen molar-refractivity contribution in [1.29, 1.82) is 0 Å². The Hall–Kier alpha value is -2.70. The Bertz CT molecular complexity index is 1100. The molecule has 1 aliphatic rings. The number of aliphatic carboxylic acids is 1. The minimum absolute atomic E-state index is 0.374. The summed E-state index contributed by atoms with van der Waals surface area (Å²) in [6.45, 7) is 6.70. The maximum Gasteiger partial charge on any atom is 0.335 e. The van der Waals surface area contributed by atoms with Gasteiger partial charge >= 0.3 is 5.97 Å². The van der Waals surface area contributed by atoms with Crippen molar-refractivity contribution in [2.75, 3.05) is 13.2 Å². The molecule has 6 nitrogen and oxygen atoms in total. The number of hydrogen-bond acceptors (Lipinski definition) is 5. The van der Waals surface area contributed by atoms with Crippen LogP contribution < -0.4 is 0 Å². The standard InChI is InChI=1S/C27H33NO5/c1-18-24(28-25(33-18)23-12-11-21-9-4-5-10-22(21)14-23)17-31-15-19-7-6-8-20(13-19)16-32-27(2,3)26(29)30/h4-5,9-12,14,19-20H,6-8,13,15-17H2,1-3H3,(H,29,30). The summed E-state index contributed by atoms with van der Waals surface area (Å²) in [6.07, 6.45) is 4.31. The molecule has 3 aromatic rings. The van der Waals surface area contributed by atoms with Gasteiger partial charge in [-0.05, 0) is 74.8 Å². The monoisotopic (exact) mass is 451 g/mol. The number of aromatic nitrogens is 1. The van der Waals surface area contributed by atoms with Crippen molar-refractivity contribution in [3.05, 3.63) is 53.9 Å². The molecule has 2 atom stereocenters. The molecule has 1 aromatic heterocycles. The lowest BCUT2D eigenvalue weighted by molar-refractivity contribution is -0.163. The number of carboxylic acid groups (broad SMARTS) is 1. The quantitative estimate of drug-likeness (QED) is 0.429. The van der Waals surface area contributed by atoms with Gasteiger partial charge in [-0.25, -0.2) is 9.78 Å². The van der Waals surface area contributed by atoms with Crippen LogP contribution >= 0.6 is 0 Å².